The summed E-state index contributed by atoms with van der Waals surface area (Å²) in [5.74, 6) is 2.11. The number of rotatable bonds is 5. The highest BCUT2D eigenvalue weighted by Crippen LogP contribution is 2.36. The van der Waals surface area contributed by atoms with Crippen LogP contribution in [-0.2, 0) is 0 Å². The molecular formula is C37H32N4O. The molecule has 0 aliphatic carbocycles. The second-order valence-electron chi connectivity index (χ2n) is 10.9. The Bertz CT molecular complexity index is 2230. The molecule has 4 aromatic carbocycles. The van der Waals surface area contributed by atoms with E-state index in [2.05, 4.69) is 34.7 Å². The lowest BCUT2D eigenvalue weighted by molar-refractivity contribution is 0.482. The average molecular weight is 552 g/mol. The fraction of sp³-hybridized carbons (Fsp3) is 0.135. The van der Waals surface area contributed by atoms with Crippen molar-refractivity contribution in [2.24, 2.45) is 0 Å². The zero-order valence-corrected chi connectivity index (χ0v) is 24.0. The number of pyridine rings is 1. The molecular weight excluding hydrogens is 516 g/mol. The predicted octanol–water partition coefficient (Wildman–Crippen LogP) is 9.37. The lowest BCUT2D eigenvalue weighted by Gasteiger charge is -2.12. The molecule has 0 amide bonds. The fourth-order valence-corrected chi connectivity index (χ4v) is 5.92. The van der Waals surface area contributed by atoms with Gasteiger partial charge in [-0.05, 0) is 99.8 Å². The van der Waals surface area contributed by atoms with Gasteiger partial charge in [0.1, 0.15) is 17.3 Å². The number of fused-ring (bicyclic) bond motifs is 3. The molecule has 5 heteroatoms. The van der Waals surface area contributed by atoms with Crippen molar-refractivity contribution in [1.82, 2.24) is 19.3 Å². The number of hydrogen-bond acceptors (Lipinski definition) is 3. The van der Waals surface area contributed by atoms with E-state index in [-0.39, 0.29) is 0 Å². The van der Waals surface area contributed by atoms with Crippen molar-refractivity contribution >= 4 is 21.8 Å². The summed E-state index contributed by atoms with van der Waals surface area (Å²) in [4.78, 5) is 4.66. The van der Waals surface area contributed by atoms with Crippen LogP contribution in [-0.4, -0.2) is 19.3 Å². The minimum absolute atomic E-state index is 0.304. The molecule has 0 aliphatic rings. The molecule has 5 nitrogen and oxygen atoms in total. The maximum Gasteiger partial charge on any atom is 0.137 e. The quantitative estimate of drug-likeness (QED) is 0.214. The van der Waals surface area contributed by atoms with Crippen LogP contribution in [0, 0.1) is 34.5 Å². The Balaban J connectivity index is 1.33. The van der Waals surface area contributed by atoms with E-state index in [1.165, 1.54) is 0 Å². The molecule has 7 rings (SSSR count). The van der Waals surface area contributed by atoms with Gasteiger partial charge in [0.25, 0.3) is 0 Å². The van der Waals surface area contributed by atoms with Gasteiger partial charge in [0, 0.05) is 44.5 Å². The molecule has 0 fully saturated rings. The molecule has 0 atom stereocenters. The van der Waals surface area contributed by atoms with Crippen LogP contribution in [0.1, 0.15) is 32.2 Å². The summed E-state index contributed by atoms with van der Waals surface area (Å²) < 4.78 is 34.5. The molecule has 0 bridgehead atoms. The number of benzene rings is 4. The summed E-state index contributed by atoms with van der Waals surface area (Å²) in [5.41, 5.74) is 9.40. The Morgan fingerprint density at radius 3 is 2.36 bits per heavy atom. The largest absolute Gasteiger partial charge is 0.457 e. The van der Waals surface area contributed by atoms with Gasteiger partial charge < -0.3 is 4.74 Å². The molecule has 0 N–H and O–H groups in total. The van der Waals surface area contributed by atoms with Gasteiger partial charge in [-0.1, -0.05) is 42.0 Å². The van der Waals surface area contributed by atoms with Crippen molar-refractivity contribution in [1.29, 1.82) is 0 Å². The van der Waals surface area contributed by atoms with Gasteiger partial charge in [-0.15, -0.1) is 0 Å². The lowest BCUT2D eigenvalue weighted by Crippen LogP contribution is -2.00. The number of ether oxygens (including phenoxy) is 1. The van der Waals surface area contributed by atoms with Crippen molar-refractivity contribution < 1.29 is 8.85 Å². The van der Waals surface area contributed by atoms with Gasteiger partial charge in [-0.2, -0.15) is 5.10 Å². The van der Waals surface area contributed by atoms with E-state index in [4.69, 9.17) is 13.9 Å². The van der Waals surface area contributed by atoms with Crippen LogP contribution < -0.4 is 4.74 Å². The minimum atomic E-state index is -2.20. The third-order valence-corrected chi connectivity index (χ3v) is 7.74. The molecule has 0 spiro atoms. The first-order chi connectivity index (χ1) is 21.6. The number of nitrogens with zero attached hydrogens (tertiary/aromatic N) is 4. The molecule has 42 heavy (non-hydrogen) atoms. The second kappa shape index (κ2) is 10.0. The van der Waals surface area contributed by atoms with E-state index in [0.717, 1.165) is 67.0 Å². The van der Waals surface area contributed by atoms with Gasteiger partial charge in [0.15, 0.2) is 0 Å². The van der Waals surface area contributed by atoms with Gasteiger partial charge >= 0.3 is 0 Å². The summed E-state index contributed by atoms with van der Waals surface area (Å²) in [6.45, 7) is 6.00. The summed E-state index contributed by atoms with van der Waals surface area (Å²) in [6, 6.07) is 31.6. The van der Waals surface area contributed by atoms with Crippen LogP contribution in [0.25, 0.3) is 44.4 Å². The molecule has 0 unspecified atom stereocenters. The van der Waals surface area contributed by atoms with Crippen molar-refractivity contribution in [3.63, 3.8) is 0 Å². The van der Waals surface area contributed by atoms with E-state index in [1.54, 1.807) is 18.3 Å². The predicted molar refractivity (Wildman–Crippen MR) is 171 cm³/mol. The lowest BCUT2D eigenvalue weighted by atomic mass is 10.0. The molecule has 3 heterocycles. The molecule has 3 aromatic heterocycles. The standard InChI is InChI=1S/C37H32N4O/c1-23-11-14-34-33(19-23)32-13-12-30(22-35(32)40(34)36-20-24(2)15-16-38-36)42-31-18-25(3)17-29(21-31)41-27(5)37(26(4)39-41)28-9-7-6-8-10-28/h6-22H,1-5H3/i1D3. The topological polar surface area (TPSA) is 44.9 Å². The van der Waals surface area contributed by atoms with Gasteiger partial charge in [0.2, 0.25) is 0 Å². The average Bonchev–Trinajstić information content (AvgIpc) is 3.49. The summed E-state index contributed by atoms with van der Waals surface area (Å²) in [7, 11) is 0. The fourth-order valence-electron chi connectivity index (χ4n) is 5.92. The van der Waals surface area contributed by atoms with E-state index in [9.17, 15) is 0 Å². The van der Waals surface area contributed by atoms with E-state index >= 15 is 0 Å². The first-order valence-electron chi connectivity index (χ1n) is 15.5. The van der Waals surface area contributed by atoms with E-state index < -0.39 is 6.85 Å². The summed E-state index contributed by atoms with van der Waals surface area (Å²) in [5, 5.41) is 6.67. The van der Waals surface area contributed by atoms with Gasteiger partial charge in [-0.3, -0.25) is 4.57 Å². The Hall–Kier alpha value is -5.16. The Labute approximate surface area is 249 Å². The molecule has 0 saturated carbocycles. The van der Waals surface area contributed by atoms with E-state index in [0.29, 0.717) is 17.1 Å². The van der Waals surface area contributed by atoms with Crippen LogP contribution in [0.2, 0.25) is 0 Å². The Morgan fingerprint density at radius 2 is 1.55 bits per heavy atom. The Kier molecular flexibility index (Phi) is 5.38. The maximum atomic E-state index is 7.97. The SMILES string of the molecule is [2H]C([2H])([2H])c1ccc2c(c1)c1ccc(Oc3cc(C)cc(-n4nc(C)c(-c5ccccc5)c4C)c3)cc1n2-c1cc(C)ccn1. The van der Waals surface area contributed by atoms with Crippen LogP contribution in [0.15, 0.2) is 103 Å². The minimum Gasteiger partial charge on any atom is -0.457 e. The van der Waals surface area contributed by atoms with Crippen molar-refractivity contribution in [3.05, 3.63) is 131 Å². The first kappa shape index (κ1) is 22.5. The zero-order valence-electron chi connectivity index (χ0n) is 27.0. The zero-order chi connectivity index (χ0) is 31.5. The van der Waals surface area contributed by atoms with Crippen LogP contribution in [0.4, 0.5) is 0 Å². The molecule has 206 valence electrons. The van der Waals surface area contributed by atoms with Gasteiger partial charge in [0.05, 0.1) is 22.4 Å². The highest BCUT2D eigenvalue weighted by atomic mass is 16.5. The second-order valence-corrected chi connectivity index (χ2v) is 10.9. The van der Waals surface area contributed by atoms with Crippen LogP contribution in [0.3, 0.4) is 0 Å². The van der Waals surface area contributed by atoms with E-state index in [1.807, 2.05) is 92.2 Å². The van der Waals surface area contributed by atoms with Crippen molar-refractivity contribution in [3.8, 4) is 34.1 Å². The maximum absolute atomic E-state index is 7.97. The normalized spacial score (nSPS) is 12.8. The molecule has 7 aromatic rings. The van der Waals surface area contributed by atoms with Gasteiger partial charge in [-0.25, -0.2) is 9.67 Å². The first-order valence-corrected chi connectivity index (χ1v) is 14.0. The molecule has 0 radical (unpaired) electrons. The Morgan fingerprint density at radius 1 is 0.690 bits per heavy atom. The molecule has 0 saturated heterocycles. The smallest absolute Gasteiger partial charge is 0.137 e. The summed E-state index contributed by atoms with van der Waals surface area (Å²) in [6.07, 6.45) is 1.79. The van der Waals surface area contributed by atoms with Crippen LogP contribution >= 0.6 is 0 Å². The highest BCUT2D eigenvalue weighted by molar-refractivity contribution is 6.09. The van der Waals surface area contributed by atoms with Crippen LogP contribution in [0.5, 0.6) is 11.5 Å². The number of aromatic nitrogens is 4. The number of aryl methyl sites for hydroxylation is 4. The third kappa shape index (κ3) is 4.44. The molecule has 0 aliphatic heterocycles. The third-order valence-electron chi connectivity index (χ3n) is 7.74. The summed E-state index contributed by atoms with van der Waals surface area (Å²) >= 11 is 0. The van der Waals surface area contributed by atoms with Crippen molar-refractivity contribution in [2.45, 2.75) is 34.5 Å². The van der Waals surface area contributed by atoms with Crippen molar-refractivity contribution in [2.75, 3.05) is 0 Å². The highest BCUT2D eigenvalue weighted by Gasteiger charge is 2.17. The number of hydrogen-bond donors (Lipinski definition) is 0. The monoisotopic (exact) mass is 551 g/mol.